The molecule has 1 aliphatic heterocycles. The van der Waals surface area contributed by atoms with Gasteiger partial charge >= 0.3 is 5.69 Å². The minimum absolute atomic E-state index is 0.211. The Balaban J connectivity index is 1.37. The first-order chi connectivity index (χ1) is 15.5. The van der Waals surface area contributed by atoms with E-state index in [-0.39, 0.29) is 13.0 Å². The van der Waals surface area contributed by atoms with Gasteiger partial charge in [-0.2, -0.15) is 4.68 Å². The summed E-state index contributed by atoms with van der Waals surface area (Å²) in [6.45, 7) is 0.963. The monoisotopic (exact) mass is 441 g/mol. The van der Waals surface area contributed by atoms with Crippen LogP contribution in [-0.4, -0.2) is 50.2 Å². The van der Waals surface area contributed by atoms with Crippen molar-refractivity contribution in [2.45, 2.75) is 56.8 Å². The molecular formula is C24H29F2N5O. The first-order valence-electron chi connectivity index (χ1n) is 11.6. The number of piperidine rings is 1. The summed E-state index contributed by atoms with van der Waals surface area (Å²) in [4.78, 5) is 21.5. The van der Waals surface area contributed by atoms with Crippen molar-refractivity contribution in [3.05, 3.63) is 53.0 Å². The van der Waals surface area contributed by atoms with Crippen LogP contribution in [0.25, 0.3) is 16.5 Å². The highest BCUT2D eigenvalue weighted by Gasteiger charge is 2.42. The van der Waals surface area contributed by atoms with Gasteiger partial charge in [-0.25, -0.2) is 13.6 Å². The number of likely N-dealkylation sites (tertiary alicyclic amines) is 1. The number of aromatic amines is 1. The lowest BCUT2D eigenvalue weighted by atomic mass is 9.86. The Labute approximate surface area is 185 Å². The van der Waals surface area contributed by atoms with Gasteiger partial charge in [0, 0.05) is 42.0 Å². The van der Waals surface area contributed by atoms with E-state index in [0.29, 0.717) is 30.5 Å². The van der Waals surface area contributed by atoms with Crippen LogP contribution in [0.15, 0.2) is 41.5 Å². The third-order valence-electron chi connectivity index (χ3n) is 6.96. The molecule has 0 spiro atoms. The van der Waals surface area contributed by atoms with Crippen LogP contribution in [0.4, 0.5) is 8.78 Å². The van der Waals surface area contributed by atoms with E-state index >= 15 is 0 Å². The van der Waals surface area contributed by atoms with Crippen LogP contribution in [0, 0.1) is 5.92 Å². The molecule has 1 saturated carbocycles. The number of hydrogen-bond donors (Lipinski definition) is 1. The molecule has 3 heterocycles. The number of nitrogens with zero attached hydrogens (tertiary/aromatic N) is 4. The van der Waals surface area contributed by atoms with E-state index < -0.39 is 17.5 Å². The molecule has 1 unspecified atom stereocenters. The number of hydrogen-bond acceptors (Lipinski definition) is 4. The average molecular weight is 442 g/mol. The van der Waals surface area contributed by atoms with Crippen molar-refractivity contribution < 1.29 is 8.78 Å². The maximum Gasteiger partial charge on any atom is 0.348 e. The average Bonchev–Trinajstić information content (AvgIpc) is 3.18. The summed E-state index contributed by atoms with van der Waals surface area (Å²) < 4.78 is 30.5. The van der Waals surface area contributed by atoms with Gasteiger partial charge in [0.25, 0.3) is 5.92 Å². The van der Waals surface area contributed by atoms with E-state index in [1.54, 1.807) is 18.5 Å². The van der Waals surface area contributed by atoms with Crippen LogP contribution in [-0.2, 0) is 0 Å². The van der Waals surface area contributed by atoms with E-state index in [1.807, 2.05) is 23.1 Å². The number of alkyl halides is 2. The lowest BCUT2D eigenvalue weighted by Gasteiger charge is -2.37. The molecule has 0 radical (unpaired) electrons. The van der Waals surface area contributed by atoms with Crippen LogP contribution in [0.1, 0.15) is 56.7 Å². The molecule has 8 heteroatoms. The zero-order valence-electron chi connectivity index (χ0n) is 18.1. The molecular weight excluding hydrogens is 412 g/mol. The highest BCUT2D eigenvalue weighted by atomic mass is 19.3. The molecule has 3 aromatic rings. The summed E-state index contributed by atoms with van der Waals surface area (Å²) >= 11 is 0. The number of halogens is 2. The lowest BCUT2D eigenvalue weighted by molar-refractivity contribution is -0.0738. The van der Waals surface area contributed by atoms with Crippen molar-refractivity contribution in [2.24, 2.45) is 5.92 Å². The number of rotatable bonds is 5. The molecule has 2 aliphatic rings. The molecule has 1 saturated heterocycles. The van der Waals surface area contributed by atoms with Gasteiger partial charge in [-0.3, -0.25) is 14.9 Å². The third-order valence-corrected chi connectivity index (χ3v) is 6.96. The number of benzene rings is 1. The summed E-state index contributed by atoms with van der Waals surface area (Å²) in [6.07, 6.45) is 10.3. The lowest BCUT2D eigenvalue weighted by Crippen LogP contribution is -2.47. The Bertz CT molecular complexity index is 1130. The molecule has 1 aliphatic carbocycles. The topological polar surface area (TPSA) is 66.8 Å². The quantitative estimate of drug-likeness (QED) is 0.633. The molecule has 0 bridgehead atoms. The maximum atomic E-state index is 14.6. The SMILES string of the molecule is O=c1[nH]c(C2CN(CCC3CCCCC3)CC(F)(F)C2)nn1-c1cccc2cnccc12. The fourth-order valence-electron chi connectivity index (χ4n) is 5.37. The first kappa shape index (κ1) is 21.2. The van der Waals surface area contributed by atoms with Crippen LogP contribution >= 0.6 is 0 Å². The molecule has 1 aromatic carbocycles. The fraction of sp³-hybridized carbons (Fsp3) is 0.542. The molecule has 2 aromatic heterocycles. The molecule has 0 amide bonds. The van der Waals surface area contributed by atoms with Gasteiger partial charge in [0.2, 0.25) is 0 Å². The van der Waals surface area contributed by atoms with Crippen molar-refractivity contribution in [1.82, 2.24) is 24.6 Å². The number of nitrogens with one attached hydrogen (secondary N) is 1. The van der Waals surface area contributed by atoms with Gasteiger partial charge < -0.3 is 0 Å². The molecule has 5 rings (SSSR count). The molecule has 170 valence electrons. The van der Waals surface area contributed by atoms with Crippen LogP contribution in [0.5, 0.6) is 0 Å². The van der Waals surface area contributed by atoms with Crippen LogP contribution < -0.4 is 5.69 Å². The second kappa shape index (κ2) is 8.73. The van der Waals surface area contributed by atoms with Gasteiger partial charge in [0.1, 0.15) is 5.82 Å². The van der Waals surface area contributed by atoms with Gasteiger partial charge in [0.15, 0.2) is 0 Å². The molecule has 1 atom stereocenters. The summed E-state index contributed by atoms with van der Waals surface area (Å²) in [5.74, 6) is -2.31. The third kappa shape index (κ3) is 4.46. The summed E-state index contributed by atoms with van der Waals surface area (Å²) in [5, 5.41) is 6.20. The summed E-state index contributed by atoms with van der Waals surface area (Å²) in [7, 11) is 0. The molecule has 6 nitrogen and oxygen atoms in total. The molecule has 1 N–H and O–H groups in total. The Kier molecular flexibility index (Phi) is 5.80. The number of pyridine rings is 1. The summed E-state index contributed by atoms with van der Waals surface area (Å²) in [6, 6.07) is 7.38. The van der Waals surface area contributed by atoms with Crippen molar-refractivity contribution >= 4 is 10.8 Å². The van der Waals surface area contributed by atoms with E-state index in [9.17, 15) is 13.6 Å². The summed E-state index contributed by atoms with van der Waals surface area (Å²) in [5.41, 5.74) is 0.209. The van der Waals surface area contributed by atoms with Crippen molar-refractivity contribution in [3.63, 3.8) is 0 Å². The van der Waals surface area contributed by atoms with E-state index in [4.69, 9.17) is 0 Å². The Morgan fingerprint density at radius 2 is 2.00 bits per heavy atom. The minimum Gasteiger partial charge on any atom is -0.297 e. The second-order valence-electron chi connectivity index (χ2n) is 9.39. The molecule has 32 heavy (non-hydrogen) atoms. The van der Waals surface area contributed by atoms with Crippen LogP contribution in [0.3, 0.4) is 0 Å². The van der Waals surface area contributed by atoms with Gasteiger partial charge in [-0.05, 0) is 31.0 Å². The highest BCUT2D eigenvalue weighted by molar-refractivity contribution is 5.89. The van der Waals surface area contributed by atoms with Crippen molar-refractivity contribution in [1.29, 1.82) is 0 Å². The van der Waals surface area contributed by atoms with Gasteiger partial charge in [-0.1, -0.05) is 44.2 Å². The number of fused-ring (bicyclic) bond motifs is 1. The Morgan fingerprint density at radius 1 is 1.16 bits per heavy atom. The van der Waals surface area contributed by atoms with E-state index in [0.717, 1.165) is 17.2 Å². The first-order valence-corrected chi connectivity index (χ1v) is 11.6. The number of aromatic nitrogens is 4. The van der Waals surface area contributed by atoms with Gasteiger partial charge in [-0.15, -0.1) is 5.10 Å². The fourth-order valence-corrected chi connectivity index (χ4v) is 5.37. The zero-order valence-corrected chi connectivity index (χ0v) is 18.1. The predicted octanol–water partition coefficient (Wildman–Crippen LogP) is 4.50. The zero-order chi connectivity index (χ0) is 22.1. The molecule has 2 fully saturated rings. The van der Waals surface area contributed by atoms with Crippen molar-refractivity contribution in [3.8, 4) is 5.69 Å². The minimum atomic E-state index is -2.79. The van der Waals surface area contributed by atoms with Crippen molar-refractivity contribution in [2.75, 3.05) is 19.6 Å². The Morgan fingerprint density at radius 3 is 2.84 bits per heavy atom. The Hall–Kier alpha value is -2.61. The number of H-pyrrole nitrogens is 1. The smallest absolute Gasteiger partial charge is 0.297 e. The standard InChI is InChI=1S/C24H29F2N5O/c25-24(26)13-19(15-30(16-24)12-10-17-5-2-1-3-6-17)22-28-23(32)31(29-22)21-8-4-7-18-14-27-11-9-20(18)21/h4,7-9,11,14,17,19H,1-3,5-6,10,12-13,15-16H2,(H,28,29,32). The highest BCUT2D eigenvalue weighted by Crippen LogP contribution is 2.36. The van der Waals surface area contributed by atoms with Gasteiger partial charge in [0.05, 0.1) is 12.2 Å². The maximum absolute atomic E-state index is 14.6. The van der Waals surface area contributed by atoms with E-state index in [2.05, 4.69) is 15.1 Å². The normalized spacial score (nSPS) is 22.4. The largest absolute Gasteiger partial charge is 0.348 e. The van der Waals surface area contributed by atoms with Crippen LogP contribution in [0.2, 0.25) is 0 Å². The second-order valence-corrected chi connectivity index (χ2v) is 9.39. The predicted molar refractivity (Wildman–Crippen MR) is 119 cm³/mol. The van der Waals surface area contributed by atoms with E-state index in [1.165, 1.54) is 36.8 Å².